The quantitative estimate of drug-likeness (QED) is 0.755. The van der Waals surface area contributed by atoms with Crippen LogP contribution in [-0.2, 0) is 13.2 Å². The molecule has 2 aromatic rings. The Morgan fingerprint density at radius 2 is 1.65 bits per heavy atom. The minimum absolute atomic E-state index is 0.414. The lowest BCUT2D eigenvalue weighted by molar-refractivity contribution is -0.141. The zero-order valence-corrected chi connectivity index (χ0v) is 9.71. The number of hydrogen-bond donors (Lipinski definition) is 0. The fourth-order valence-corrected chi connectivity index (χ4v) is 1.84. The van der Waals surface area contributed by atoms with E-state index in [1.165, 1.54) is 11.7 Å². The van der Waals surface area contributed by atoms with Crippen LogP contribution in [0, 0.1) is 13.8 Å². The first-order valence-electron chi connectivity index (χ1n) is 5.07. The van der Waals surface area contributed by atoms with Gasteiger partial charge < -0.3 is 4.57 Å². The molecular formula is C11H12F3N3. The minimum Gasteiger partial charge on any atom is -0.303 e. The van der Waals surface area contributed by atoms with Crippen molar-refractivity contribution in [2.45, 2.75) is 20.0 Å². The van der Waals surface area contributed by atoms with Gasteiger partial charge in [0.2, 0.25) is 0 Å². The van der Waals surface area contributed by atoms with E-state index in [0.29, 0.717) is 5.82 Å². The molecule has 0 unspecified atom stereocenters. The average Bonchev–Trinajstić information content (AvgIpc) is 2.70. The second kappa shape index (κ2) is 3.65. The van der Waals surface area contributed by atoms with E-state index in [-0.39, 0.29) is 0 Å². The Labute approximate surface area is 96.5 Å². The van der Waals surface area contributed by atoms with Crippen molar-refractivity contribution in [1.82, 2.24) is 14.3 Å². The molecule has 0 atom stereocenters. The van der Waals surface area contributed by atoms with Crippen molar-refractivity contribution in [3.05, 3.63) is 35.3 Å². The molecule has 0 bridgehead atoms. The lowest BCUT2D eigenvalue weighted by Gasteiger charge is -2.08. The molecule has 0 saturated carbocycles. The maximum atomic E-state index is 12.5. The first-order valence-corrected chi connectivity index (χ1v) is 5.07. The molecule has 2 aromatic heterocycles. The van der Waals surface area contributed by atoms with Crippen LogP contribution in [0.1, 0.15) is 17.1 Å². The molecule has 6 heteroatoms. The molecule has 2 heterocycles. The summed E-state index contributed by atoms with van der Waals surface area (Å²) < 4.78 is 40.6. The summed E-state index contributed by atoms with van der Waals surface area (Å²) in [6.45, 7) is 3.68. The van der Waals surface area contributed by atoms with Gasteiger partial charge in [-0.25, -0.2) is 0 Å². The van der Waals surface area contributed by atoms with Crippen LogP contribution in [0.25, 0.3) is 5.82 Å². The highest BCUT2D eigenvalue weighted by atomic mass is 19.4. The highest BCUT2D eigenvalue weighted by Crippen LogP contribution is 2.29. The molecule has 3 nitrogen and oxygen atoms in total. The molecule has 0 amide bonds. The van der Waals surface area contributed by atoms with Gasteiger partial charge in [-0.05, 0) is 26.0 Å². The van der Waals surface area contributed by atoms with Gasteiger partial charge in [-0.2, -0.15) is 18.3 Å². The molecule has 0 radical (unpaired) electrons. The molecule has 2 rings (SSSR count). The van der Waals surface area contributed by atoms with Crippen molar-refractivity contribution < 1.29 is 13.2 Å². The number of rotatable bonds is 1. The third-order valence-corrected chi connectivity index (χ3v) is 2.65. The van der Waals surface area contributed by atoms with Crippen LogP contribution < -0.4 is 0 Å². The third kappa shape index (κ3) is 1.94. The first-order chi connectivity index (χ1) is 7.80. The first kappa shape index (κ1) is 11.8. The van der Waals surface area contributed by atoms with Crippen molar-refractivity contribution in [3.63, 3.8) is 0 Å². The number of halogens is 3. The molecule has 0 aromatic carbocycles. The van der Waals surface area contributed by atoms with Gasteiger partial charge in [0.25, 0.3) is 0 Å². The molecule has 0 aliphatic carbocycles. The Bertz CT molecular complexity index is 529. The van der Waals surface area contributed by atoms with E-state index in [1.54, 1.807) is 4.57 Å². The summed E-state index contributed by atoms with van der Waals surface area (Å²) in [5.74, 6) is 0.414. The predicted octanol–water partition coefficient (Wildman–Crippen LogP) is 2.85. The van der Waals surface area contributed by atoms with Gasteiger partial charge in [0.1, 0.15) is 5.82 Å². The number of hydrogen-bond acceptors (Lipinski definition) is 1. The lowest BCUT2D eigenvalue weighted by atomic mass is 10.4. The Balaban J connectivity index is 2.58. The van der Waals surface area contributed by atoms with Gasteiger partial charge in [-0.15, -0.1) is 0 Å². The lowest BCUT2D eigenvalue weighted by Crippen LogP contribution is -2.07. The van der Waals surface area contributed by atoms with Crippen LogP contribution in [0.4, 0.5) is 13.2 Å². The van der Waals surface area contributed by atoms with Crippen molar-refractivity contribution in [2.75, 3.05) is 0 Å². The maximum absolute atomic E-state index is 12.5. The van der Waals surface area contributed by atoms with E-state index in [1.807, 2.05) is 26.0 Å². The topological polar surface area (TPSA) is 22.8 Å². The van der Waals surface area contributed by atoms with Gasteiger partial charge in [0.15, 0.2) is 5.69 Å². The fraction of sp³-hybridized carbons (Fsp3) is 0.364. The van der Waals surface area contributed by atoms with Crippen molar-refractivity contribution >= 4 is 0 Å². The van der Waals surface area contributed by atoms with Crippen LogP contribution in [0.3, 0.4) is 0 Å². The Kier molecular flexibility index (Phi) is 2.52. The summed E-state index contributed by atoms with van der Waals surface area (Å²) in [5.41, 5.74) is 0.876. The molecule has 92 valence electrons. The average molecular weight is 243 g/mol. The summed E-state index contributed by atoms with van der Waals surface area (Å²) in [6, 6.07) is 4.77. The van der Waals surface area contributed by atoms with Crippen molar-refractivity contribution in [3.8, 4) is 5.82 Å². The van der Waals surface area contributed by atoms with Gasteiger partial charge in [0.05, 0.1) is 0 Å². The fourth-order valence-electron chi connectivity index (χ4n) is 1.84. The highest BCUT2D eigenvalue weighted by Gasteiger charge is 2.34. The molecular weight excluding hydrogens is 231 g/mol. The van der Waals surface area contributed by atoms with Crippen LogP contribution in [0.5, 0.6) is 0 Å². The van der Waals surface area contributed by atoms with Crippen LogP contribution in [0.2, 0.25) is 0 Å². The van der Waals surface area contributed by atoms with E-state index in [2.05, 4.69) is 5.10 Å². The van der Waals surface area contributed by atoms with Crippen LogP contribution in [0.15, 0.2) is 18.2 Å². The SMILES string of the molecule is Cc1ccc(C)n1-c1cc(C(F)(F)F)nn1C. The van der Waals surface area contributed by atoms with Gasteiger partial charge in [-0.1, -0.05) is 0 Å². The standard InChI is InChI=1S/C11H12F3N3/c1-7-4-5-8(2)17(7)10-6-9(11(12,13)14)15-16(10)3/h4-6H,1-3H3. The summed E-state index contributed by atoms with van der Waals surface area (Å²) in [4.78, 5) is 0. The van der Waals surface area contributed by atoms with E-state index in [4.69, 9.17) is 0 Å². The normalized spacial score (nSPS) is 12.1. The van der Waals surface area contributed by atoms with Gasteiger partial charge in [0, 0.05) is 24.5 Å². The number of nitrogens with zero attached hydrogens (tertiary/aromatic N) is 3. The molecule has 0 fully saturated rings. The molecule has 0 N–H and O–H groups in total. The minimum atomic E-state index is -4.41. The second-order valence-electron chi connectivity index (χ2n) is 3.96. The monoisotopic (exact) mass is 243 g/mol. The van der Waals surface area contributed by atoms with E-state index in [0.717, 1.165) is 17.5 Å². The Morgan fingerprint density at radius 1 is 1.12 bits per heavy atom. The maximum Gasteiger partial charge on any atom is 0.435 e. The van der Waals surface area contributed by atoms with E-state index >= 15 is 0 Å². The third-order valence-electron chi connectivity index (χ3n) is 2.65. The van der Waals surface area contributed by atoms with Gasteiger partial charge in [-0.3, -0.25) is 4.68 Å². The summed E-state index contributed by atoms with van der Waals surface area (Å²) in [5, 5.41) is 3.49. The molecule has 0 aliphatic rings. The molecule has 0 aliphatic heterocycles. The van der Waals surface area contributed by atoms with Crippen molar-refractivity contribution in [2.24, 2.45) is 7.05 Å². The number of aryl methyl sites for hydroxylation is 3. The Hall–Kier alpha value is -1.72. The molecule has 0 spiro atoms. The zero-order chi connectivity index (χ0) is 12.8. The van der Waals surface area contributed by atoms with E-state index in [9.17, 15) is 13.2 Å². The summed E-state index contributed by atoms with van der Waals surface area (Å²) in [6.07, 6.45) is -4.41. The second-order valence-corrected chi connectivity index (χ2v) is 3.96. The largest absolute Gasteiger partial charge is 0.435 e. The smallest absolute Gasteiger partial charge is 0.303 e. The predicted molar refractivity (Wildman–Crippen MR) is 57.0 cm³/mol. The van der Waals surface area contributed by atoms with Gasteiger partial charge >= 0.3 is 6.18 Å². The van der Waals surface area contributed by atoms with Crippen LogP contribution in [-0.4, -0.2) is 14.3 Å². The Morgan fingerprint density at radius 3 is 2.06 bits per heavy atom. The zero-order valence-electron chi connectivity index (χ0n) is 9.71. The summed E-state index contributed by atoms with van der Waals surface area (Å²) >= 11 is 0. The van der Waals surface area contributed by atoms with E-state index < -0.39 is 11.9 Å². The highest BCUT2D eigenvalue weighted by molar-refractivity contribution is 5.34. The summed E-state index contributed by atoms with van der Waals surface area (Å²) in [7, 11) is 1.50. The number of aromatic nitrogens is 3. The molecule has 0 saturated heterocycles. The number of alkyl halides is 3. The molecule has 17 heavy (non-hydrogen) atoms. The van der Waals surface area contributed by atoms with Crippen molar-refractivity contribution in [1.29, 1.82) is 0 Å². The van der Waals surface area contributed by atoms with Crippen LogP contribution >= 0.6 is 0 Å².